The lowest BCUT2D eigenvalue weighted by atomic mass is 9.76. The molecule has 5 N–H and O–H groups in total. The van der Waals surface area contributed by atoms with Crippen LogP contribution in [0, 0.1) is 11.8 Å². The molecule has 0 radical (unpaired) electrons. The maximum atomic E-state index is 14.0. The van der Waals surface area contributed by atoms with E-state index in [1.807, 2.05) is 6.07 Å². The number of nitrogens with one attached hydrogen (secondary N) is 3. The van der Waals surface area contributed by atoms with Crippen molar-refractivity contribution in [3.8, 4) is 0 Å². The molecule has 0 aliphatic heterocycles. The lowest BCUT2D eigenvalue weighted by Gasteiger charge is -2.38. The minimum Gasteiger partial charge on any atom is -0.390 e. The first kappa shape index (κ1) is 34.8. The fourth-order valence-corrected chi connectivity index (χ4v) is 7.12. The Bertz CT molecular complexity index is 1380. The largest absolute Gasteiger partial charge is 0.390 e. The third kappa shape index (κ3) is 9.73. The number of aromatic amines is 1. The molecular weight excluding hydrogens is 592 g/mol. The predicted octanol–water partition coefficient (Wildman–Crippen LogP) is 3.71. The predicted molar refractivity (Wildman–Crippen MR) is 175 cm³/mol. The molecule has 1 heterocycles. The number of nitrogens with zero attached hydrogens (tertiary/aromatic N) is 1. The lowest BCUT2D eigenvalue weighted by molar-refractivity contribution is -0.130. The second-order valence-corrected chi connectivity index (χ2v) is 16.5. The highest BCUT2D eigenvalue weighted by atomic mass is 32.2. The van der Waals surface area contributed by atoms with E-state index in [-0.39, 0.29) is 17.9 Å². The van der Waals surface area contributed by atoms with Gasteiger partial charge in [0, 0.05) is 23.9 Å². The van der Waals surface area contributed by atoms with E-state index in [1.54, 1.807) is 51.2 Å². The SMILES string of the molecule is CC(C)(C)S(=O)(=O)CC(=Cc1ccccc1)C(=O)N[C@@H](Cc1cnc[nH]1)C(=O)N[C@@H](CC1CCCCC1)[C@@H](O)[C@@H](O)C1CCC1. The molecule has 2 aliphatic carbocycles. The molecule has 0 saturated heterocycles. The van der Waals surface area contributed by atoms with Crippen molar-refractivity contribution in [2.24, 2.45) is 11.8 Å². The number of aromatic nitrogens is 2. The summed E-state index contributed by atoms with van der Waals surface area (Å²) in [6, 6.07) is 7.17. The van der Waals surface area contributed by atoms with Crippen LogP contribution in [0.15, 0.2) is 48.4 Å². The fraction of sp³-hybridized carbons (Fsp3) is 0.618. The molecule has 0 bridgehead atoms. The summed E-state index contributed by atoms with van der Waals surface area (Å²) in [6.07, 6.45) is 11.1. The van der Waals surface area contributed by atoms with Crippen molar-refractivity contribution in [1.82, 2.24) is 20.6 Å². The number of benzene rings is 1. The highest BCUT2D eigenvalue weighted by molar-refractivity contribution is 7.92. The number of sulfone groups is 1. The van der Waals surface area contributed by atoms with Gasteiger partial charge in [-0.1, -0.05) is 68.9 Å². The van der Waals surface area contributed by atoms with Crippen LogP contribution in [0.5, 0.6) is 0 Å². The van der Waals surface area contributed by atoms with Crippen LogP contribution in [0.25, 0.3) is 6.08 Å². The number of aliphatic hydroxyl groups excluding tert-OH is 2. The molecule has 2 aliphatic rings. The molecule has 2 aromatic rings. The zero-order chi connectivity index (χ0) is 32.6. The summed E-state index contributed by atoms with van der Waals surface area (Å²) in [5.41, 5.74) is 1.27. The van der Waals surface area contributed by atoms with Crippen molar-refractivity contribution in [1.29, 1.82) is 0 Å². The van der Waals surface area contributed by atoms with Gasteiger partial charge < -0.3 is 25.8 Å². The number of imidazole rings is 1. The van der Waals surface area contributed by atoms with Crippen LogP contribution in [0.4, 0.5) is 0 Å². The Hall–Kier alpha value is -3.02. The van der Waals surface area contributed by atoms with E-state index >= 15 is 0 Å². The Morgan fingerprint density at radius 1 is 1.02 bits per heavy atom. The number of carbonyl (C=O) groups is 2. The summed E-state index contributed by atoms with van der Waals surface area (Å²) in [5.74, 6) is -1.38. The minimum atomic E-state index is -3.74. The van der Waals surface area contributed by atoms with Gasteiger partial charge in [-0.25, -0.2) is 13.4 Å². The van der Waals surface area contributed by atoms with E-state index in [9.17, 15) is 28.2 Å². The summed E-state index contributed by atoms with van der Waals surface area (Å²) in [7, 11) is -3.74. The van der Waals surface area contributed by atoms with Crippen LogP contribution in [0.2, 0.25) is 0 Å². The number of H-pyrrole nitrogens is 1. The monoisotopic (exact) mass is 642 g/mol. The Labute approximate surface area is 267 Å². The first-order valence-corrected chi connectivity index (χ1v) is 17.9. The van der Waals surface area contributed by atoms with Gasteiger partial charge in [-0.2, -0.15) is 0 Å². The summed E-state index contributed by atoms with van der Waals surface area (Å²) in [6.45, 7) is 4.76. The highest BCUT2D eigenvalue weighted by Gasteiger charge is 2.38. The van der Waals surface area contributed by atoms with E-state index in [2.05, 4.69) is 20.6 Å². The second kappa shape index (κ2) is 15.5. The van der Waals surface area contributed by atoms with E-state index in [4.69, 9.17) is 0 Å². The van der Waals surface area contributed by atoms with Crippen molar-refractivity contribution in [3.05, 3.63) is 59.7 Å². The Morgan fingerprint density at radius 2 is 1.71 bits per heavy atom. The van der Waals surface area contributed by atoms with Gasteiger partial charge >= 0.3 is 0 Å². The summed E-state index contributed by atoms with van der Waals surface area (Å²) in [4.78, 5) is 34.8. The number of rotatable bonds is 14. The van der Waals surface area contributed by atoms with Crippen LogP contribution in [-0.2, 0) is 25.8 Å². The Kier molecular flexibility index (Phi) is 12.0. The number of amides is 2. The van der Waals surface area contributed by atoms with Crippen molar-refractivity contribution in [2.75, 3.05) is 5.75 Å². The molecule has 2 fully saturated rings. The summed E-state index contributed by atoms with van der Waals surface area (Å²) >= 11 is 0. The van der Waals surface area contributed by atoms with Crippen molar-refractivity contribution in [3.63, 3.8) is 0 Å². The van der Waals surface area contributed by atoms with E-state index in [1.165, 1.54) is 18.8 Å². The maximum Gasteiger partial charge on any atom is 0.248 e. The van der Waals surface area contributed by atoms with Crippen molar-refractivity contribution >= 4 is 27.7 Å². The molecule has 248 valence electrons. The second-order valence-electron chi connectivity index (χ2n) is 13.8. The average Bonchev–Trinajstić information content (AvgIpc) is 3.48. The van der Waals surface area contributed by atoms with Crippen LogP contribution < -0.4 is 10.6 Å². The molecule has 4 atom stereocenters. The van der Waals surface area contributed by atoms with Gasteiger partial charge in [0.2, 0.25) is 11.8 Å². The number of hydrogen-bond acceptors (Lipinski definition) is 7. The lowest BCUT2D eigenvalue weighted by Crippen LogP contribution is -2.57. The Balaban J connectivity index is 1.59. The number of hydrogen-bond donors (Lipinski definition) is 5. The van der Waals surface area contributed by atoms with E-state index in [0.29, 0.717) is 23.6 Å². The van der Waals surface area contributed by atoms with E-state index < -0.39 is 56.4 Å². The molecule has 0 spiro atoms. The van der Waals surface area contributed by atoms with Crippen LogP contribution in [0.3, 0.4) is 0 Å². The fourth-order valence-electron chi connectivity index (χ4n) is 6.07. The number of aliphatic hydroxyl groups is 2. The minimum absolute atomic E-state index is 0.00157. The molecule has 0 unspecified atom stereocenters. The van der Waals surface area contributed by atoms with Gasteiger partial charge in [0.25, 0.3) is 0 Å². The van der Waals surface area contributed by atoms with Crippen molar-refractivity contribution in [2.45, 2.75) is 114 Å². The van der Waals surface area contributed by atoms with Gasteiger partial charge in [0.15, 0.2) is 9.84 Å². The van der Waals surface area contributed by atoms with Gasteiger partial charge in [0.05, 0.1) is 29.0 Å². The Morgan fingerprint density at radius 3 is 2.29 bits per heavy atom. The standard InChI is InChI=1S/C34H50N4O6S/c1-34(2,3)45(43,44)21-26(17-23-11-6-4-7-12-23)32(41)38-29(19-27-20-35-22-36-27)33(42)37-28(18-24-13-8-5-9-14-24)31(40)30(39)25-15-10-16-25/h4,6-7,11-12,17,20,22,24-25,28-31,39-40H,5,8-10,13-16,18-19,21H2,1-3H3,(H,35,36)(H,37,42)(H,38,41)/t28-,29-,30-,31+/m0/s1. The maximum absolute atomic E-state index is 14.0. The third-order valence-corrected chi connectivity index (χ3v) is 11.9. The molecule has 2 amide bonds. The molecule has 11 heteroatoms. The third-order valence-electron chi connectivity index (χ3n) is 9.35. The molecule has 1 aromatic heterocycles. The molecule has 45 heavy (non-hydrogen) atoms. The molecule has 1 aromatic carbocycles. The van der Waals surface area contributed by atoms with Crippen LogP contribution in [-0.4, -0.2) is 75.2 Å². The van der Waals surface area contributed by atoms with Crippen LogP contribution >= 0.6 is 0 Å². The zero-order valence-corrected chi connectivity index (χ0v) is 27.6. The normalized spacial score (nSPS) is 19.6. The quantitative estimate of drug-likeness (QED) is 0.196. The first-order chi connectivity index (χ1) is 21.3. The van der Waals surface area contributed by atoms with Gasteiger partial charge in [-0.15, -0.1) is 0 Å². The molecule has 4 rings (SSSR count). The smallest absolute Gasteiger partial charge is 0.248 e. The highest BCUT2D eigenvalue weighted by Crippen LogP contribution is 2.34. The summed E-state index contributed by atoms with van der Waals surface area (Å²) in [5, 5.41) is 28.1. The molecule has 2 saturated carbocycles. The summed E-state index contributed by atoms with van der Waals surface area (Å²) < 4.78 is 25.4. The average molecular weight is 643 g/mol. The van der Waals surface area contributed by atoms with Gasteiger partial charge in [-0.05, 0) is 63.5 Å². The molecular formula is C34H50N4O6S. The molecule has 10 nitrogen and oxygen atoms in total. The topological polar surface area (TPSA) is 161 Å². The van der Waals surface area contributed by atoms with Gasteiger partial charge in [0.1, 0.15) is 12.1 Å². The van der Waals surface area contributed by atoms with Crippen molar-refractivity contribution < 1.29 is 28.2 Å². The van der Waals surface area contributed by atoms with E-state index in [0.717, 1.165) is 44.9 Å². The van der Waals surface area contributed by atoms with Gasteiger partial charge in [-0.3, -0.25) is 9.59 Å². The van der Waals surface area contributed by atoms with Crippen LogP contribution in [0.1, 0.15) is 89.8 Å². The zero-order valence-electron chi connectivity index (χ0n) is 26.7. The number of carbonyl (C=O) groups excluding carboxylic acids is 2. The first-order valence-electron chi connectivity index (χ1n) is 16.3.